The van der Waals surface area contributed by atoms with Crippen molar-refractivity contribution in [2.24, 2.45) is 0 Å². The molecule has 4 rings (SSSR count). The molecule has 1 fully saturated rings. The van der Waals surface area contributed by atoms with Crippen LogP contribution in [0.25, 0.3) is 0 Å². The number of anilines is 1. The molecule has 114 valence electrons. The van der Waals surface area contributed by atoms with Crippen molar-refractivity contribution in [3.63, 3.8) is 0 Å². The van der Waals surface area contributed by atoms with Crippen LogP contribution in [0.2, 0.25) is 0 Å². The third kappa shape index (κ3) is 1.89. The predicted octanol–water partition coefficient (Wildman–Crippen LogP) is 1.03. The van der Waals surface area contributed by atoms with Gasteiger partial charge >= 0.3 is 0 Å². The highest BCUT2D eigenvalue weighted by Crippen LogP contribution is 2.44. The molecule has 0 radical (unpaired) electrons. The van der Waals surface area contributed by atoms with Gasteiger partial charge in [0.05, 0.1) is 5.41 Å². The number of carbonyl (C=O) groups excluding carboxylic acids is 2. The SMILES string of the molecule is O=C(C1C=CCN1)N1CCC2(CC1)C(=O)Nc1ccccc12. The maximum absolute atomic E-state index is 12.5. The molecular formula is C17H19N3O2. The van der Waals surface area contributed by atoms with E-state index < -0.39 is 5.41 Å². The third-order valence-electron chi connectivity index (χ3n) is 5.10. The summed E-state index contributed by atoms with van der Waals surface area (Å²) < 4.78 is 0. The van der Waals surface area contributed by atoms with Crippen LogP contribution < -0.4 is 10.6 Å². The Morgan fingerprint density at radius 3 is 2.73 bits per heavy atom. The number of para-hydroxylation sites is 1. The standard InChI is InChI=1S/C17H19N3O2/c21-15(14-6-3-9-18-14)20-10-7-17(8-11-20)12-4-1-2-5-13(12)19-16(17)22/h1-6,14,18H,7-11H2,(H,19,22). The van der Waals surface area contributed by atoms with Crippen LogP contribution in [-0.4, -0.2) is 42.4 Å². The van der Waals surface area contributed by atoms with Crippen LogP contribution in [0.5, 0.6) is 0 Å². The Morgan fingerprint density at radius 1 is 1.23 bits per heavy atom. The van der Waals surface area contributed by atoms with Gasteiger partial charge in [0.1, 0.15) is 6.04 Å². The molecule has 5 nitrogen and oxygen atoms in total. The first-order valence-electron chi connectivity index (χ1n) is 7.80. The second-order valence-electron chi connectivity index (χ2n) is 6.22. The highest BCUT2D eigenvalue weighted by molar-refractivity contribution is 6.06. The van der Waals surface area contributed by atoms with Crippen molar-refractivity contribution in [1.82, 2.24) is 10.2 Å². The molecule has 3 heterocycles. The maximum Gasteiger partial charge on any atom is 0.243 e. The van der Waals surface area contributed by atoms with Crippen LogP contribution in [0.15, 0.2) is 36.4 Å². The lowest BCUT2D eigenvalue weighted by atomic mass is 9.73. The van der Waals surface area contributed by atoms with Crippen LogP contribution >= 0.6 is 0 Å². The average Bonchev–Trinajstić information content (AvgIpc) is 3.16. The van der Waals surface area contributed by atoms with Gasteiger partial charge in [-0.1, -0.05) is 30.4 Å². The van der Waals surface area contributed by atoms with E-state index in [1.54, 1.807) is 0 Å². The van der Waals surface area contributed by atoms with Gasteiger partial charge < -0.3 is 10.2 Å². The van der Waals surface area contributed by atoms with Crippen LogP contribution in [0.3, 0.4) is 0 Å². The Hall–Kier alpha value is -2.14. The number of likely N-dealkylation sites (tertiary alicyclic amines) is 1. The zero-order valence-electron chi connectivity index (χ0n) is 12.3. The van der Waals surface area contributed by atoms with Crippen molar-refractivity contribution in [3.8, 4) is 0 Å². The number of piperidine rings is 1. The Labute approximate surface area is 129 Å². The number of carbonyl (C=O) groups is 2. The second kappa shape index (κ2) is 4.95. The lowest BCUT2D eigenvalue weighted by Gasteiger charge is -2.38. The van der Waals surface area contributed by atoms with E-state index in [4.69, 9.17) is 0 Å². The summed E-state index contributed by atoms with van der Waals surface area (Å²) in [6, 6.07) is 7.71. The minimum Gasteiger partial charge on any atom is -0.341 e. The molecular weight excluding hydrogens is 278 g/mol. The van der Waals surface area contributed by atoms with Gasteiger partial charge in [0.15, 0.2) is 0 Å². The number of fused-ring (bicyclic) bond motifs is 2. The first-order valence-corrected chi connectivity index (χ1v) is 7.80. The Bertz CT molecular complexity index is 660. The van der Waals surface area contributed by atoms with Gasteiger partial charge in [0.2, 0.25) is 11.8 Å². The van der Waals surface area contributed by atoms with Gasteiger partial charge in [0.25, 0.3) is 0 Å². The van der Waals surface area contributed by atoms with Crippen LogP contribution in [-0.2, 0) is 15.0 Å². The van der Waals surface area contributed by atoms with E-state index in [0.717, 1.165) is 17.8 Å². The molecule has 22 heavy (non-hydrogen) atoms. The van der Waals surface area contributed by atoms with Gasteiger partial charge in [-0.25, -0.2) is 0 Å². The molecule has 2 N–H and O–H groups in total. The van der Waals surface area contributed by atoms with Crippen molar-refractivity contribution >= 4 is 17.5 Å². The Balaban J connectivity index is 1.53. The molecule has 2 amide bonds. The molecule has 1 aromatic rings. The zero-order valence-corrected chi connectivity index (χ0v) is 12.3. The number of nitrogens with one attached hydrogen (secondary N) is 2. The van der Waals surface area contributed by atoms with Crippen molar-refractivity contribution in [3.05, 3.63) is 42.0 Å². The molecule has 3 aliphatic heterocycles. The largest absolute Gasteiger partial charge is 0.341 e. The van der Waals surface area contributed by atoms with Gasteiger partial charge in [-0.05, 0) is 24.5 Å². The van der Waals surface area contributed by atoms with E-state index in [0.29, 0.717) is 25.9 Å². The molecule has 1 saturated heterocycles. The second-order valence-corrected chi connectivity index (χ2v) is 6.22. The van der Waals surface area contributed by atoms with E-state index >= 15 is 0 Å². The van der Waals surface area contributed by atoms with Crippen molar-refractivity contribution < 1.29 is 9.59 Å². The predicted molar refractivity (Wildman–Crippen MR) is 83.5 cm³/mol. The van der Waals surface area contributed by atoms with Crippen molar-refractivity contribution in [2.75, 3.05) is 25.0 Å². The van der Waals surface area contributed by atoms with E-state index in [1.165, 1.54) is 0 Å². The molecule has 1 unspecified atom stereocenters. The molecule has 1 aromatic carbocycles. The Morgan fingerprint density at radius 2 is 2.00 bits per heavy atom. The van der Waals surface area contributed by atoms with E-state index in [1.807, 2.05) is 41.3 Å². The van der Waals surface area contributed by atoms with Gasteiger partial charge in [0, 0.05) is 25.3 Å². The number of benzene rings is 1. The molecule has 0 aliphatic carbocycles. The summed E-state index contributed by atoms with van der Waals surface area (Å²) in [7, 11) is 0. The summed E-state index contributed by atoms with van der Waals surface area (Å²) in [6.07, 6.45) is 5.29. The van der Waals surface area contributed by atoms with E-state index in [9.17, 15) is 9.59 Å². The average molecular weight is 297 g/mol. The smallest absolute Gasteiger partial charge is 0.243 e. The molecule has 5 heteroatoms. The topological polar surface area (TPSA) is 61.4 Å². The van der Waals surface area contributed by atoms with Crippen LogP contribution in [0.1, 0.15) is 18.4 Å². The lowest BCUT2D eigenvalue weighted by Crippen LogP contribution is -2.52. The third-order valence-corrected chi connectivity index (χ3v) is 5.10. The normalized spacial score (nSPS) is 25.4. The quantitative estimate of drug-likeness (QED) is 0.761. The highest BCUT2D eigenvalue weighted by atomic mass is 16.2. The monoisotopic (exact) mass is 297 g/mol. The maximum atomic E-state index is 12.5. The zero-order chi connectivity index (χ0) is 15.2. The molecule has 1 atom stereocenters. The number of nitrogens with zero attached hydrogens (tertiary/aromatic N) is 1. The summed E-state index contributed by atoms with van der Waals surface area (Å²) in [5, 5.41) is 6.15. The van der Waals surface area contributed by atoms with Crippen LogP contribution in [0, 0.1) is 0 Å². The number of hydrogen-bond donors (Lipinski definition) is 2. The molecule has 0 saturated carbocycles. The Kier molecular flexibility index (Phi) is 3.04. The molecule has 3 aliphatic rings. The molecule has 1 spiro atoms. The fraction of sp³-hybridized carbons (Fsp3) is 0.412. The van der Waals surface area contributed by atoms with Gasteiger partial charge in [-0.3, -0.25) is 14.9 Å². The number of amides is 2. The summed E-state index contributed by atoms with van der Waals surface area (Å²) in [6.45, 7) is 2.02. The molecule has 0 aromatic heterocycles. The van der Waals surface area contributed by atoms with Gasteiger partial charge in [-0.2, -0.15) is 0 Å². The number of rotatable bonds is 1. The first-order chi connectivity index (χ1) is 10.7. The molecule has 0 bridgehead atoms. The first kappa shape index (κ1) is 13.5. The summed E-state index contributed by atoms with van der Waals surface area (Å²) in [5.74, 6) is 0.204. The fourth-order valence-corrected chi connectivity index (χ4v) is 3.81. The minimum absolute atomic E-state index is 0.0830. The van der Waals surface area contributed by atoms with Crippen LogP contribution in [0.4, 0.5) is 5.69 Å². The van der Waals surface area contributed by atoms with Crippen molar-refractivity contribution in [2.45, 2.75) is 24.3 Å². The fourth-order valence-electron chi connectivity index (χ4n) is 3.81. The summed E-state index contributed by atoms with van der Waals surface area (Å²) in [5.41, 5.74) is 1.56. The highest BCUT2D eigenvalue weighted by Gasteiger charge is 2.49. The van der Waals surface area contributed by atoms with Gasteiger partial charge in [-0.15, -0.1) is 0 Å². The van der Waals surface area contributed by atoms with E-state index in [2.05, 4.69) is 10.6 Å². The summed E-state index contributed by atoms with van der Waals surface area (Å²) >= 11 is 0. The van der Waals surface area contributed by atoms with Crippen molar-refractivity contribution in [1.29, 1.82) is 0 Å². The van der Waals surface area contributed by atoms with E-state index in [-0.39, 0.29) is 17.9 Å². The summed E-state index contributed by atoms with van der Waals surface area (Å²) in [4.78, 5) is 26.8. The lowest BCUT2D eigenvalue weighted by molar-refractivity contribution is -0.135. The minimum atomic E-state index is -0.452. The number of hydrogen-bond acceptors (Lipinski definition) is 3.